The average Bonchev–Trinajstić information content (AvgIpc) is 3.50. The molecule has 0 radical (unpaired) electrons. The number of nitrogens with one attached hydrogen (secondary N) is 1. The quantitative estimate of drug-likeness (QED) is 0.254. The van der Waals surface area contributed by atoms with Crippen molar-refractivity contribution in [2.24, 2.45) is 11.8 Å². The van der Waals surface area contributed by atoms with Crippen molar-refractivity contribution in [1.82, 2.24) is 10.3 Å². The fourth-order valence-electron chi connectivity index (χ4n) is 7.07. The number of amides is 1. The number of hydrogen-bond acceptors (Lipinski definition) is 7. The van der Waals surface area contributed by atoms with Gasteiger partial charge in [0.1, 0.15) is 35.5 Å². The lowest BCUT2D eigenvalue weighted by molar-refractivity contribution is 0.0254. The highest BCUT2D eigenvalue weighted by molar-refractivity contribution is 6.01. The lowest BCUT2D eigenvalue weighted by atomic mass is 9.68. The van der Waals surface area contributed by atoms with Crippen LogP contribution in [0.15, 0.2) is 59.3 Å². The van der Waals surface area contributed by atoms with Crippen molar-refractivity contribution in [1.29, 1.82) is 5.26 Å². The highest BCUT2D eigenvalue weighted by Gasteiger charge is 2.36. The predicted molar refractivity (Wildman–Crippen MR) is 162 cm³/mol. The number of ether oxygens (including phenoxy) is 3. The number of benzene rings is 2. The Morgan fingerprint density at radius 2 is 1.81 bits per heavy atom. The van der Waals surface area contributed by atoms with Crippen LogP contribution in [0.1, 0.15) is 60.9 Å². The average molecular weight is 578 g/mol. The van der Waals surface area contributed by atoms with Gasteiger partial charge < -0.3 is 23.9 Å². The number of rotatable bonds is 7. The van der Waals surface area contributed by atoms with E-state index in [1.54, 1.807) is 25.6 Å². The number of hydrogen-bond donors (Lipinski definition) is 1. The highest BCUT2D eigenvalue weighted by atomic mass is 16.5. The molecule has 3 aliphatic carbocycles. The summed E-state index contributed by atoms with van der Waals surface area (Å²) in [6.45, 7) is 1.34. The number of nitriles is 1. The van der Waals surface area contributed by atoms with Gasteiger partial charge in [0, 0.05) is 41.8 Å². The zero-order valence-corrected chi connectivity index (χ0v) is 24.3. The van der Waals surface area contributed by atoms with Crippen molar-refractivity contribution < 1.29 is 23.4 Å². The molecule has 1 N–H and O–H groups in total. The van der Waals surface area contributed by atoms with Gasteiger partial charge in [-0.3, -0.25) is 9.78 Å². The number of carbonyl (C=O) groups excluding carboxylic acids is 1. The standard InChI is InChI=1S/C35H35N3O5/c1-40-32-18-24(35(39)38-30-16-21-2-4-22(30)5-3-21)6-8-28(32)29-20-42-34-27(10-13-37-33(29)34)23-7-9-31(25(17-23)19-36)43-26-11-14-41-15-12-26/h6-10,13,17-18,20-22,26,30H,2-5,11-12,14-16H2,1H3,(H,38,39). The van der Waals surface area contributed by atoms with Gasteiger partial charge in [-0.1, -0.05) is 18.9 Å². The number of fused-ring (bicyclic) bond motifs is 4. The van der Waals surface area contributed by atoms with E-state index < -0.39 is 0 Å². The SMILES string of the molecule is COc1cc(C(=O)NC2CC3CCC2CC3)ccc1-c1coc2c(-c3ccc(OC4CCOCC4)c(C#N)c3)ccnc12. The Morgan fingerprint density at radius 3 is 2.56 bits per heavy atom. The molecule has 1 atom stereocenters. The smallest absolute Gasteiger partial charge is 0.251 e. The normalized spacial score (nSPS) is 21.8. The Hall–Kier alpha value is -4.35. The van der Waals surface area contributed by atoms with Gasteiger partial charge in [-0.2, -0.15) is 5.26 Å². The molecule has 1 aliphatic heterocycles. The molecule has 4 fully saturated rings. The summed E-state index contributed by atoms with van der Waals surface area (Å²) in [6.07, 6.45) is 11.2. The van der Waals surface area contributed by atoms with Crippen LogP contribution in [0.5, 0.6) is 11.5 Å². The van der Waals surface area contributed by atoms with E-state index in [1.165, 1.54) is 25.7 Å². The molecule has 43 heavy (non-hydrogen) atoms. The molecule has 220 valence electrons. The van der Waals surface area contributed by atoms with Crippen LogP contribution >= 0.6 is 0 Å². The number of carbonyl (C=O) groups is 1. The first-order chi connectivity index (χ1) is 21.1. The lowest BCUT2D eigenvalue weighted by Gasteiger charge is -2.42. The van der Waals surface area contributed by atoms with Crippen molar-refractivity contribution in [3.05, 3.63) is 66.1 Å². The molecular weight excluding hydrogens is 542 g/mol. The van der Waals surface area contributed by atoms with E-state index in [-0.39, 0.29) is 18.1 Å². The minimum atomic E-state index is -0.0580. The fourth-order valence-corrected chi connectivity index (χ4v) is 7.07. The van der Waals surface area contributed by atoms with Crippen molar-refractivity contribution in [3.8, 4) is 39.8 Å². The second kappa shape index (κ2) is 11.7. The van der Waals surface area contributed by atoms with Gasteiger partial charge in [-0.15, -0.1) is 0 Å². The maximum Gasteiger partial charge on any atom is 0.251 e. The lowest BCUT2D eigenvalue weighted by Crippen LogP contribution is -2.47. The minimum absolute atomic E-state index is 0.0433. The summed E-state index contributed by atoms with van der Waals surface area (Å²) in [5.41, 5.74) is 5.54. The van der Waals surface area contributed by atoms with Crippen LogP contribution in [0.4, 0.5) is 0 Å². The number of nitrogens with zero attached hydrogens (tertiary/aromatic N) is 2. The van der Waals surface area contributed by atoms with E-state index in [0.717, 1.165) is 47.4 Å². The van der Waals surface area contributed by atoms with Crippen LogP contribution in [0, 0.1) is 23.2 Å². The van der Waals surface area contributed by atoms with Gasteiger partial charge in [0.2, 0.25) is 0 Å². The molecule has 1 unspecified atom stereocenters. The topological polar surface area (TPSA) is 107 Å². The van der Waals surface area contributed by atoms with Crippen LogP contribution in [0.3, 0.4) is 0 Å². The van der Waals surface area contributed by atoms with Gasteiger partial charge in [0.15, 0.2) is 5.58 Å². The Bertz CT molecular complexity index is 1690. The molecule has 2 aromatic heterocycles. The summed E-state index contributed by atoms with van der Waals surface area (Å²) in [6, 6.07) is 15.6. The van der Waals surface area contributed by atoms with Crippen molar-refractivity contribution >= 4 is 17.0 Å². The Balaban J connectivity index is 1.16. The number of methoxy groups -OCH3 is 1. The predicted octanol–water partition coefficient (Wildman–Crippen LogP) is 6.91. The highest BCUT2D eigenvalue weighted by Crippen LogP contribution is 2.42. The molecule has 0 spiro atoms. The first-order valence-corrected chi connectivity index (χ1v) is 15.3. The molecule has 8 rings (SSSR count). The van der Waals surface area contributed by atoms with E-state index in [1.807, 2.05) is 36.4 Å². The van der Waals surface area contributed by atoms with Crippen LogP contribution < -0.4 is 14.8 Å². The van der Waals surface area contributed by atoms with E-state index in [2.05, 4.69) is 16.4 Å². The van der Waals surface area contributed by atoms with Gasteiger partial charge in [-0.25, -0.2) is 0 Å². The fraction of sp³-hybridized carbons (Fsp3) is 0.400. The van der Waals surface area contributed by atoms with Crippen LogP contribution in [0.25, 0.3) is 33.4 Å². The molecule has 4 aromatic rings. The maximum atomic E-state index is 13.2. The molecule has 8 heteroatoms. The third-order valence-electron chi connectivity index (χ3n) is 9.45. The second-order valence-corrected chi connectivity index (χ2v) is 11.9. The van der Waals surface area contributed by atoms with Gasteiger partial charge >= 0.3 is 0 Å². The molecule has 8 nitrogen and oxygen atoms in total. The molecule has 1 saturated heterocycles. The second-order valence-electron chi connectivity index (χ2n) is 11.9. The molecule has 2 aromatic carbocycles. The van der Waals surface area contributed by atoms with Crippen LogP contribution in [-0.4, -0.2) is 43.4 Å². The van der Waals surface area contributed by atoms with Crippen molar-refractivity contribution in [2.45, 2.75) is 57.1 Å². The maximum absolute atomic E-state index is 13.2. The Labute approximate surface area is 251 Å². The summed E-state index contributed by atoms with van der Waals surface area (Å²) < 4.78 is 23.4. The van der Waals surface area contributed by atoms with E-state index >= 15 is 0 Å². The van der Waals surface area contributed by atoms with Crippen LogP contribution in [0.2, 0.25) is 0 Å². The van der Waals surface area contributed by atoms with Gasteiger partial charge in [0.05, 0.1) is 31.5 Å². The third kappa shape index (κ3) is 5.34. The first kappa shape index (κ1) is 27.5. The molecular formula is C35H35N3O5. The number of pyridine rings is 1. The van der Waals surface area contributed by atoms with E-state index in [4.69, 9.17) is 18.6 Å². The Kier molecular flexibility index (Phi) is 7.50. The van der Waals surface area contributed by atoms with E-state index in [0.29, 0.717) is 52.9 Å². The Morgan fingerprint density at radius 1 is 0.977 bits per heavy atom. The minimum Gasteiger partial charge on any atom is -0.496 e. The van der Waals surface area contributed by atoms with Crippen LogP contribution in [-0.2, 0) is 4.74 Å². The first-order valence-electron chi connectivity index (χ1n) is 15.3. The van der Waals surface area contributed by atoms with Gasteiger partial charge in [0.25, 0.3) is 5.91 Å². The summed E-state index contributed by atoms with van der Waals surface area (Å²) in [5.74, 6) is 2.43. The molecule has 1 amide bonds. The number of aromatic nitrogens is 1. The summed E-state index contributed by atoms with van der Waals surface area (Å²) in [5, 5.41) is 13.2. The van der Waals surface area contributed by atoms with Gasteiger partial charge in [-0.05, 0) is 73.1 Å². The molecule has 3 heterocycles. The van der Waals surface area contributed by atoms with E-state index in [9.17, 15) is 10.1 Å². The van der Waals surface area contributed by atoms with Crippen molar-refractivity contribution in [3.63, 3.8) is 0 Å². The zero-order valence-electron chi connectivity index (χ0n) is 24.3. The zero-order chi connectivity index (χ0) is 29.3. The van der Waals surface area contributed by atoms with Crippen molar-refractivity contribution in [2.75, 3.05) is 20.3 Å². The third-order valence-corrected chi connectivity index (χ3v) is 9.45. The summed E-state index contributed by atoms with van der Waals surface area (Å²) in [7, 11) is 1.61. The summed E-state index contributed by atoms with van der Waals surface area (Å²) in [4.78, 5) is 17.9. The monoisotopic (exact) mass is 577 g/mol. The summed E-state index contributed by atoms with van der Waals surface area (Å²) >= 11 is 0. The largest absolute Gasteiger partial charge is 0.496 e. The molecule has 4 aliphatic rings. The molecule has 3 saturated carbocycles. The molecule has 2 bridgehead atoms. The number of furan rings is 1.